The summed E-state index contributed by atoms with van der Waals surface area (Å²) in [7, 11) is 0. The van der Waals surface area contributed by atoms with Gasteiger partial charge in [0, 0.05) is 6.08 Å². The van der Waals surface area contributed by atoms with Crippen LogP contribution in [0.5, 0.6) is 0 Å². The summed E-state index contributed by atoms with van der Waals surface area (Å²) in [6.07, 6.45) is 1.07. The highest BCUT2D eigenvalue weighted by atomic mass is 16.7. The van der Waals surface area contributed by atoms with Crippen LogP contribution in [0.3, 0.4) is 0 Å². The van der Waals surface area contributed by atoms with Gasteiger partial charge in [-0.1, -0.05) is 42.1 Å². The minimum absolute atomic E-state index is 0.555. The van der Waals surface area contributed by atoms with Gasteiger partial charge < -0.3 is 4.84 Å². The van der Waals surface area contributed by atoms with Crippen LogP contribution in [0.1, 0.15) is 12.5 Å². The fraction of sp³-hybridized carbons (Fsp3) is 0.0909. The normalized spacial score (nSPS) is 10.8. The first-order chi connectivity index (χ1) is 6.74. The number of hydrogen-bond donors (Lipinski definition) is 0. The molecule has 3 nitrogen and oxygen atoms in total. The average molecular weight is 189 g/mol. The Hall–Kier alpha value is -1.90. The molecule has 0 saturated heterocycles. The lowest BCUT2D eigenvalue weighted by Gasteiger charge is -1.98. The number of nitrogens with zero attached hydrogens (tertiary/aromatic N) is 1. The van der Waals surface area contributed by atoms with Crippen molar-refractivity contribution in [1.29, 1.82) is 0 Å². The van der Waals surface area contributed by atoms with Crippen LogP contribution in [0.15, 0.2) is 48.1 Å². The third-order valence-corrected chi connectivity index (χ3v) is 1.63. The summed E-state index contributed by atoms with van der Waals surface area (Å²) in [5.41, 5.74) is 1.57. The second-order valence-electron chi connectivity index (χ2n) is 2.66. The summed E-state index contributed by atoms with van der Waals surface area (Å²) >= 11 is 0. The third-order valence-electron chi connectivity index (χ3n) is 1.63. The van der Waals surface area contributed by atoms with Crippen molar-refractivity contribution >= 4 is 11.7 Å². The average Bonchev–Trinajstić information content (AvgIpc) is 2.26. The van der Waals surface area contributed by atoms with Crippen molar-refractivity contribution in [1.82, 2.24) is 0 Å². The maximum atomic E-state index is 10.7. The van der Waals surface area contributed by atoms with Crippen LogP contribution in [0.2, 0.25) is 0 Å². The van der Waals surface area contributed by atoms with E-state index in [2.05, 4.69) is 16.6 Å². The van der Waals surface area contributed by atoms with Gasteiger partial charge in [-0.05, 0) is 12.5 Å². The Morgan fingerprint density at radius 3 is 2.64 bits per heavy atom. The molecule has 0 heterocycles. The van der Waals surface area contributed by atoms with Crippen LogP contribution < -0.4 is 0 Å². The zero-order chi connectivity index (χ0) is 10.4. The fourth-order valence-electron chi connectivity index (χ4n) is 0.883. The molecule has 0 aliphatic heterocycles. The second-order valence-corrected chi connectivity index (χ2v) is 2.66. The van der Waals surface area contributed by atoms with E-state index in [1.54, 1.807) is 6.92 Å². The molecule has 0 atom stereocenters. The maximum absolute atomic E-state index is 10.7. The number of benzene rings is 1. The zero-order valence-electron chi connectivity index (χ0n) is 7.93. The molecule has 1 aromatic carbocycles. The third kappa shape index (κ3) is 2.86. The first-order valence-electron chi connectivity index (χ1n) is 4.17. The van der Waals surface area contributed by atoms with Crippen LogP contribution in [-0.2, 0) is 9.63 Å². The van der Waals surface area contributed by atoms with Crippen LogP contribution in [0.25, 0.3) is 0 Å². The van der Waals surface area contributed by atoms with E-state index in [1.807, 2.05) is 30.3 Å². The Balaban J connectivity index is 2.70. The highest BCUT2D eigenvalue weighted by molar-refractivity contribution is 5.98. The zero-order valence-corrected chi connectivity index (χ0v) is 7.93. The number of rotatable bonds is 3. The molecule has 0 N–H and O–H groups in total. The lowest BCUT2D eigenvalue weighted by Crippen LogP contribution is -1.99. The van der Waals surface area contributed by atoms with Gasteiger partial charge in [-0.3, -0.25) is 0 Å². The van der Waals surface area contributed by atoms with Crippen molar-refractivity contribution in [3.8, 4) is 0 Å². The van der Waals surface area contributed by atoms with Crippen molar-refractivity contribution < 1.29 is 9.63 Å². The molecule has 1 rings (SSSR count). The predicted molar refractivity (Wildman–Crippen MR) is 54.9 cm³/mol. The van der Waals surface area contributed by atoms with Gasteiger partial charge in [-0.15, -0.1) is 0 Å². The number of carbonyl (C=O) groups excluding carboxylic acids is 1. The van der Waals surface area contributed by atoms with Gasteiger partial charge in [0.15, 0.2) is 0 Å². The van der Waals surface area contributed by atoms with Crippen LogP contribution in [0, 0.1) is 0 Å². The molecule has 3 heteroatoms. The Morgan fingerprint density at radius 1 is 1.43 bits per heavy atom. The van der Waals surface area contributed by atoms with Crippen LogP contribution in [-0.4, -0.2) is 11.7 Å². The molecule has 14 heavy (non-hydrogen) atoms. The molecule has 0 aliphatic rings. The second kappa shape index (κ2) is 4.97. The summed E-state index contributed by atoms with van der Waals surface area (Å²) in [5, 5.41) is 3.66. The van der Waals surface area contributed by atoms with E-state index in [0.717, 1.165) is 11.6 Å². The first-order valence-corrected chi connectivity index (χ1v) is 4.17. The van der Waals surface area contributed by atoms with E-state index in [0.29, 0.717) is 5.71 Å². The van der Waals surface area contributed by atoms with Gasteiger partial charge >= 0.3 is 5.97 Å². The summed E-state index contributed by atoms with van der Waals surface area (Å²) in [6.45, 7) is 5.04. The van der Waals surface area contributed by atoms with Crippen molar-refractivity contribution in [3.05, 3.63) is 48.6 Å². The molecule has 0 fully saturated rings. The Kier molecular flexibility index (Phi) is 3.61. The smallest absolute Gasteiger partial charge is 0.313 e. The van der Waals surface area contributed by atoms with Crippen LogP contribution >= 0.6 is 0 Å². The minimum Gasteiger partial charge on any atom is -0.313 e. The molecule has 0 unspecified atom stereocenters. The molecule has 1 aromatic rings. The fourth-order valence-corrected chi connectivity index (χ4v) is 0.883. The van der Waals surface area contributed by atoms with Gasteiger partial charge in [0.2, 0.25) is 0 Å². The molecule has 0 spiro atoms. The van der Waals surface area contributed by atoms with Crippen LogP contribution in [0.4, 0.5) is 0 Å². The quantitative estimate of drug-likeness (QED) is 0.316. The summed E-state index contributed by atoms with van der Waals surface area (Å²) in [6, 6.07) is 9.47. The Morgan fingerprint density at radius 2 is 2.07 bits per heavy atom. The monoisotopic (exact) mass is 189 g/mol. The van der Waals surface area contributed by atoms with E-state index in [1.165, 1.54) is 0 Å². The number of carbonyl (C=O) groups is 1. The lowest BCUT2D eigenvalue weighted by molar-refractivity contribution is -0.137. The summed E-state index contributed by atoms with van der Waals surface area (Å²) < 4.78 is 0. The number of oxime groups is 1. The van der Waals surface area contributed by atoms with Crippen molar-refractivity contribution in [3.63, 3.8) is 0 Å². The summed E-state index contributed by atoms with van der Waals surface area (Å²) in [4.78, 5) is 15.2. The van der Waals surface area contributed by atoms with Gasteiger partial charge in [0.25, 0.3) is 0 Å². The molecule has 0 bridgehead atoms. The minimum atomic E-state index is -0.555. The maximum Gasteiger partial charge on any atom is 0.358 e. The highest BCUT2D eigenvalue weighted by Gasteiger charge is 1.97. The molecule has 0 amide bonds. The largest absolute Gasteiger partial charge is 0.358 e. The molecule has 0 saturated carbocycles. The predicted octanol–water partition coefficient (Wildman–Crippen LogP) is 2.14. The Bertz CT molecular complexity index is 355. The van der Waals surface area contributed by atoms with E-state index in [9.17, 15) is 4.79 Å². The molecule has 0 aliphatic carbocycles. The van der Waals surface area contributed by atoms with E-state index < -0.39 is 5.97 Å². The lowest BCUT2D eigenvalue weighted by atomic mass is 10.1. The number of hydrogen-bond acceptors (Lipinski definition) is 3. The van der Waals surface area contributed by atoms with E-state index >= 15 is 0 Å². The molecular formula is C11H11NO2. The molecule has 72 valence electrons. The van der Waals surface area contributed by atoms with E-state index in [-0.39, 0.29) is 0 Å². The van der Waals surface area contributed by atoms with Gasteiger partial charge in [-0.25, -0.2) is 4.79 Å². The van der Waals surface area contributed by atoms with E-state index in [4.69, 9.17) is 0 Å². The summed E-state index contributed by atoms with van der Waals surface area (Å²) in [5.74, 6) is -0.555. The molecule has 0 radical (unpaired) electrons. The van der Waals surface area contributed by atoms with Crippen molar-refractivity contribution in [2.24, 2.45) is 5.16 Å². The van der Waals surface area contributed by atoms with Gasteiger partial charge in [-0.2, -0.15) is 0 Å². The first kappa shape index (κ1) is 10.2. The van der Waals surface area contributed by atoms with Gasteiger partial charge in [0.05, 0.1) is 5.71 Å². The highest BCUT2D eigenvalue weighted by Crippen LogP contribution is 2.00. The molecule has 0 aromatic heterocycles. The molecular weight excluding hydrogens is 178 g/mol. The standard InChI is InChI=1S/C11H11NO2/c1-3-11(13)14-12-9(2)10-7-5-4-6-8-10/h3-8H,1H2,2H3/b12-9+. The van der Waals surface area contributed by atoms with Gasteiger partial charge in [0.1, 0.15) is 0 Å². The van der Waals surface area contributed by atoms with Crippen molar-refractivity contribution in [2.45, 2.75) is 6.92 Å². The van der Waals surface area contributed by atoms with Crippen molar-refractivity contribution in [2.75, 3.05) is 0 Å². The SMILES string of the molecule is C=CC(=O)O/N=C(\C)c1ccccc1. The topological polar surface area (TPSA) is 38.7 Å². The Labute approximate surface area is 82.7 Å².